The van der Waals surface area contributed by atoms with Crippen molar-refractivity contribution in [3.63, 3.8) is 0 Å². The zero-order valence-corrected chi connectivity index (χ0v) is 56.6. The number of hydrogen-bond donors (Lipinski definition) is 25. The van der Waals surface area contributed by atoms with Crippen LogP contribution in [0.1, 0.15) is 34.6 Å². The molecule has 8 saturated heterocycles. The molecule has 47 nitrogen and oxygen atoms in total. The summed E-state index contributed by atoms with van der Waals surface area (Å²) in [6.07, 6.45) is -74.2. The predicted octanol–water partition coefficient (Wildman–Crippen LogP) is -17.0. The van der Waals surface area contributed by atoms with Gasteiger partial charge < -0.3 is 194 Å². The van der Waals surface area contributed by atoms with Gasteiger partial charge in [0.25, 0.3) is 0 Å². The Bertz CT molecular complexity index is 2890. The van der Waals surface area contributed by atoms with Crippen LogP contribution in [0.25, 0.3) is 0 Å². The van der Waals surface area contributed by atoms with Crippen LogP contribution < -0.4 is 21.3 Å². The Morgan fingerprint density at radius 3 is 1.17 bits per heavy atom. The number of carbonyl (C=O) groups is 4. The highest BCUT2D eigenvalue weighted by atomic mass is 32.3. The minimum absolute atomic E-state index is 0.827. The summed E-state index contributed by atoms with van der Waals surface area (Å²) < 4.78 is 125. The van der Waals surface area contributed by atoms with Crippen molar-refractivity contribution < 1.29 is 210 Å². The Hall–Kier alpha value is -3.65. The van der Waals surface area contributed by atoms with Gasteiger partial charge >= 0.3 is 10.4 Å². The smallest absolute Gasteiger partial charge is 0.394 e. The maximum atomic E-state index is 13.1. The van der Waals surface area contributed by atoms with E-state index in [1.807, 2.05) is 0 Å². The van der Waals surface area contributed by atoms with E-state index < -0.39 is 326 Å². The topological polar surface area (TPSA) is 723 Å². The second-order valence-corrected chi connectivity index (χ2v) is 27.0. The SMILES string of the molecule is CC(=O)N[C@@H]1[C@@H](O)[C@H](O[C@@H]2O[C@H](CO)[C@@H](O[C@@H]3O[C@H](CO[C@H]4O[C@H](CO)[C@@H](O)[C@H](O)[C@@H]4O[C@@H]4O[C@H](CO)[C@@H](O)[C@H](O)[C@H]4NC(C)=O)[C@@H](O)[C@H](O[C@H]4O[C@H](CO)[C@@H](O)[C@H](O)[C@@H]4O[C@@H]4O[C@H](COS(=O)(=O)O)[C@@H](O)[C@H](O)[C@H]4NC(C)=O)[C@@H]3O)[C@H](O)[C@H]2NC(C)=O)[C@@H](CO[C@@H]2O[C@@H](C)[C@@H](O)[C@@H](O)[C@@H]2O)O[C@H]1O. The molecule has 8 aliphatic rings. The molecule has 0 spiro atoms. The van der Waals surface area contributed by atoms with Gasteiger partial charge in [-0.25, -0.2) is 4.18 Å². The van der Waals surface area contributed by atoms with Crippen molar-refractivity contribution in [2.75, 3.05) is 46.2 Å². The van der Waals surface area contributed by atoms with Crippen molar-refractivity contribution >= 4 is 34.0 Å². The summed E-state index contributed by atoms with van der Waals surface area (Å²) in [5, 5.41) is 233. The van der Waals surface area contributed by atoms with E-state index in [0.717, 1.165) is 27.7 Å². The fourth-order valence-electron chi connectivity index (χ4n) is 12.9. The molecule has 0 bridgehead atoms. The molecule has 0 aliphatic carbocycles. The highest BCUT2D eigenvalue weighted by Crippen LogP contribution is 2.39. The van der Waals surface area contributed by atoms with E-state index in [0.29, 0.717) is 0 Å². The summed E-state index contributed by atoms with van der Waals surface area (Å²) in [5.74, 6) is -3.59. The van der Waals surface area contributed by atoms with Crippen LogP contribution in [-0.2, 0) is 105 Å². The second kappa shape index (κ2) is 36.9. The quantitative estimate of drug-likeness (QED) is 0.0340. The van der Waals surface area contributed by atoms with Crippen LogP contribution in [0.15, 0.2) is 0 Å². The Morgan fingerprint density at radius 1 is 0.317 bits per heavy atom. The zero-order valence-electron chi connectivity index (χ0n) is 55.8. The third-order valence-corrected chi connectivity index (χ3v) is 18.8. The van der Waals surface area contributed by atoms with E-state index in [1.165, 1.54) is 6.92 Å². The maximum absolute atomic E-state index is 13.1. The molecular weight excluding hydrogens is 1450 g/mol. The van der Waals surface area contributed by atoms with E-state index in [9.17, 15) is 134 Å². The number of ether oxygens (including phenoxy) is 15. The lowest BCUT2D eigenvalue weighted by molar-refractivity contribution is -0.396. The fourth-order valence-corrected chi connectivity index (χ4v) is 13.3. The summed E-state index contributed by atoms with van der Waals surface area (Å²) >= 11 is 0. The van der Waals surface area contributed by atoms with Gasteiger partial charge in [-0.2, -0.15) is 8.42 Å². The van der Waals surface area contributed by atoms with Crippen LogP contribution in [-0.4, -0.2) is 430 Å². The van der Waals surface area contributed by atoms with Gasteiger partial charge in [0.1, 0.15) is 189 Å². The third kappa shape index (κ3) is 19.9. The number of rotatable bonds is 27. The molecule has 0 radical (unpaired) electrons. The summed E-state index contributed by atoms with van der Waals surface area (Å²) in [7, 11) is -5.30. The van der Waals surface area contributed by atoms with Gasteiger partial charge in [0.2, 0.25) is 23.6 Å². The van der Waals surface area contributed by atoms with E-state index >= 15 is 0 Å². The Balaban J connectivity index is 1.15. The van der Waals surface area contributed by atoms with Gasteiger partial charge in [-0.1, -0.05) is 0 Å². The molecule has 40 atom stereocenters. The number of aliphatic hydroxyl groups excluding tert-OH is 20. The van der Waals surface area contributed by atoms with Crippen LogP contribution >= 0.6 is 0 Å². The Kier molecular flexibility index (Phi) is 30.5. The highest BCUT2D eigenvalue weighted by Gasteiger charge is 2.60. The van der Waals surface area contributed by atoms with Crippen LogP contribution in [0.5, 0.6) is 0 Å². The fraction of sp³-hybridized carbons (Fsp3) is 0.929. The van der Waals surface area contributed by atoms with Gasteiger partial charge in [-0.05, 0) is 6.92 Å². The minimum atomic E-state index is -5.30. The van der Waals surface area contributed by atoms with Gasteiger partial charge in [0.15, 0.2) is 50.3 Å². The van der Waals surface area contributed by atoms with E-state index in [2.05, 4.69) is 25.5 Å². The van der Waals surface area contributed by atoms with E-state index in [-0.39, 0.29) is 0 Å². The number of nitrogens with one attached hydrogen (secondary N) is 4. The normalized spacial score (nSPS) is 47.4. The Labute approximate surface area is 589 Å². The molecule has 0 aromatic rings. The second-order valence-electron chi connectivity index (χ2n) is 25.9. The lowest BCUT2D eigenvalue weighted by Gasteiger charge is -2.51. The number of aliphatic hydroxyl groups is 20. The molecule has 8 rings (SSSR count). The van der Waals surface area contributed by atoms with E-state index in [1.54, 1.807) is 0 Å². The average molecular weight is 1540 g/mol. The lowest BCUT2D eigenvalue weighted by atomic mass is 9.93. The molecule has 48 heteroatoms. The monoisotopic (exact) mass is 1540 g/mol. The van der Waals surface area contributed by atoms with Gasteiger partial charge in [0, 0.05) is 27.7 Å². The van der Waals surface area contributed by atoms with Crippen molar-refractivity contribution in [2.45, 2.75) is 280 Å². The molecule has 0 saturated carbocycles. The minimum Gasteiger partial charge on any atom is -0.394 e. The number of hydrogen-bond acceptors (Lipinski definition) is 42. The van der Waals surface area contributed by atoms with Crippen molar-refractivity contribution in [3.8, 4) is 0 Å². The van der Waals surface area contributed by atoms with Crippen molar-refractivity contribution in [1.29, 1.82) is 0 Å². The van der Waals surface area contributed by atoms with Gasteiger partial charge in [-0.3, -0.25) is 23.7 Å². The average Bonchev–Trinajstić information content (AvgIpc) is 0.769. The maximum Gasteiger partial charge on any atom is 0.397 e. The summed E-state index contributed by atoms with van der Waals surface area (Å²) in [6, 6.07) is -7.37. The summed E-state index contributed by atoms with van der Waals surface area (Å²) in [5.41, 5.74) is 0. The number of amides is 4. The molecule has 0 unspecified atom stereocenters. The van der Waals surface area contributed by atoms with Crippen molar-refractivity contribution in [3.05, 3.63) is 0 Å². The zero-order chi connectivity index (χ0) is 77.0. The lowest BCUT2D eigenvalue weighted by Crippen LogP contribution is -2.71. The first-order valence-electron chi connectivity index (χ1n) is 32.6. The summed E-state index contributed by atoms with van der Waals surface area (Å²) in [6.45, 7) is -2.57. The van der Waals surface area contributed by atoms with Crippen LogP contribution in [0.4, 0.5) is 0 Å². The van der Waals surface area contributed by atoms with Crippen molar-refractivity contribution in [2.24, 2.45) is 0 Å². The molecule has 0 aromatic heterocycles. The molecule has 4 amide bonds. The Morgan fingerprint density at radius 2 is 0.673 bits per heavy atom. The van der Waals surface area contributed by atoms with E-state index in [4.69, 9.17) is 71.1 Å². The molecule has 8 heterocycles. The van der Waals surface area contributed by atoms with Gasteiger partial charge in [0.05, 0.1) is 52.4 Å². The predicted molar refractivity (Wildman–Crippen MR) is 320 cm³/mol. The van der Waals surface area contributed by atoms with Crippen LogP contribution in [0.3, 0.4) is 0 Å². The third-order valence-electron chi connectivity index (χ3n) is 18.4. The largest absolute Gasteiger partial charge is 0.397 e. The first kappa shape index (κ1) is 86.0. The first-order chi connectivity index (χ1) is 48.8. The molecule has 602 valence electrons. The number of carbonyl (C=O) groups excluding carboxylic acids is 4. The summed E-state index contributed by atoms with van der Waals surface area (Å²) in [4.78, 5) is 50.4. The standard InChI is InChI=1S/C56H94N4O43S/c1-13-29(69)39(79)42(82)53(91-13)88-11-24-45(37(77)25(49(84)92-24)57-14(2)65)99-52-28(60-17(5)68)38(78)44(21(9-64)96-52)100-54-43(83)46(101-56-48(41(81)32(72)20(8-63)95-56)103-51-27(59-16(4)67)36(76)33(73)23(97-51)12-90-104(85,86)87)34(74)22(98-54)10-89-55-47(40(80)31(71)19(7-62)94-55)102-50-26(58-15(3)66)35(75)30(70)18(6-61)93-50/h13,18-56,61-64,69-84H,6-12H2,1-5H3,(H,57,65)(H,58,66)(H,59,67)(H,60,68)(H,85,86,87)/t13-,18+,19+,20+,21+,22+,23+,24+,25+,26+,27+,28+,29+,30+,31+,32+,33+,34+,35+,36+,37+,38+,39+,40-,41-,42-,43-,44+,45+,46-,47-,48-,49+,50-,51-,52-,53+,54-,55-,56+/m0/s1. The van der Waals surface area contributed by atoms with Crippen LogP contribution in [0.2, 0.25) is 0 Å². The molecule has 104 heavy (non-hydrogen) atoms. The molecule has 8 aliphatic heterocycles. The van der Waals surface area contributed by atoms with Gasteiger partial charge in [-0.15, -0.1) is 0 Å². The highest BCUT2D eigenvalue weighted by molar-refractivity contribution is 7.80. The first-order valence-corrected chi connectivity index (χ1v) is 34.0. The molecule has 0 aromatic carbocycles. The molecular formula is C56H94N4O43S. The molecule has 25 N–H and O–H groups in total. The molecule has 8 fully saturated rings. The van der Waals surface area contributed by atoms with Crippen LogP contribution in [0, 0.1) is 0 Å². The van der Waals surface area contributed by atoms with Crippen molar-refractivity contribution in [1.82, 2.24) is 21.3 Å².